The van der Waals surface area contributed by atoms with Crippen LogP contribution in [0.3, 0.4) is 0 Å². The van der Waals surface area contributed by atoms with Crippen LogP contribution < -0.4 is 26.2 Å². The molecule has 4 fully saturated rings. The standard InChI is InChI=1S/C19H28N6O3.C16H24N6O2.C3H5ClO.C2H6.CH4/c1-3-16(26)23-7-4-8-24(10-9-23)19-21-25-15(18(27)22(19)2)13-20-17(25)14-5-11-28-12-6-14;1-20-15(23)13-11-18-14(12-3-9-24-10-4-12)22(13)19-16(20)21-7-2-5-17-6-8-21;1-2-3(4)5;1-2;/h13-14H,3-12H2,1-2H3;11-12,17H,2-10H2,1H3;2H2,1H3;1-2H3;1H4/i;;;1D;. The van der Waals surface area contributed by atoms with E-state index in [-0.39, 0.29) is 35.6 Å². The molecule has 0 unspecified atom stereocenters. The van der Waals surface area contributed by atoms with E-state index in [4.69, 9.17) is 32.6 Å². The van der Waals surface area contributed by atoms with Crippen molar-refractivity contribution in [3.05, 3.63) is 44.8 Å². The molecule has 8 heterocycles. The first kappa shape index (κ1) is 46.7. The van der Waals surface area contributed by atoms with Crippen LogP contribution in [0, 0.1) is 0 Å². The van der Waals surface area contributed by atoms with Gasteiger partial charge in [-0.3, -0.25) is 28.3 Å². The summed E-state index contributed by atoms with van der Waals surface area (Å²) in [6.07, 6.45) is 9.79. The number of ether oxygens (including phenoxy) is 2. The molecule has 19 heteroatoms. The van der Waals surface area contributed by atoms with Crippen LogP contribution in [0.25, 0.3) is 11.0 Å². The second-order valence-electron chi connectivity index (χ2n) is 14.8. The van der Waals surface area contributed by atoms with E-state index in [0.717, 1.165) is 109 Å². The summed E-state index contributed by atoms with van der Waals surface area (Å²) in [5.74, 6) is 3.83. The van der Waals surface area contributed by atoms with Crippen LogP contribution in [0.15, 0.2) is 22.0 Å². The highest BCUT2D eigenvalue weighted by Crippen LogP contribution is 2.27. The molecule has 334 valence electrons. The fraction of sp³-hybridized carbons (Fsp3) is 0.707. The van der Waals surface area contributed by atoms with Crippen molar-refractivity contribution >= 4 is 45.7 Å². The van der Waals surface area contributed by atoms with Gasteiger partial charge in [0.15, 0.2) is 11.0 Å². The maximum Gasteiger partial charge on any atom is 0.280 e. The summed E-state index contributed by atoms with van der Waals surface area (Å²) in [6.45, 7) is 15.3. The molecule has 0 radical (unpaired) electrons. The van der Waals surface area contributed by atoms with Gasteiger partial charge in [0.1, 0.15) is 11.6 Å². The Morgan fingerprint density at radius 2 is 1.22 bits per heavy atom. The largest absolute Gasteiger partial charge is 0.381 e. The third-order valence-corrected chi connectivity index (χ3v) is 11.3. The topological polar surface area (TPSA) is 179 Å². The van der Waals surface area contributed by atoms with Gasteiger partial charge >= 0.3 is 0 Å². The van der Waals surface area contributed by atoms with Crippen molar-refractivity contribution in [2.75, 3.05) is 88.6 Å². The molecule has 60 heavy (non-hydrogen) atoms. The van der Waals surface area contributed by atoms with Crippen molar-refractivity contribution in [2.24, 2.45) is 14.1 Å². The molecule has 18 nitrogen and oxygen atoms in total. The SMILES string of the molecule is C.CCC(=O)Cl.CCC(=O)N1CCCN(c2nn3c(C4CCOCC4)ncc3c(=O)n2C)CC1.Cn1c(N2CCCNCC2)nn2c(C3CCOCC3)ncc2c1=O.[2H]CC. The molecule has 0 aromatic carbocycles. The van der Waals surface area contributed by atoms with Gasteiger partial charge in [0, 0.05) is 112 Å². The number of carbonyl (C=O) groups is 2. The monoisotopic (exact) mass is 860 g/mol. The summed E-state index contributed by atoms with van der Waals surface area (Å²) in [7, 11) is 3.55. The Balaban J connectivity index is 0.000000227. The quantitative estimate of drug-likeness (QED) is 0.278. The minimum absolute atomic E-state index is 0. The highest BCUT2D eigenvalue weighted by molar-refractivity contribution is 6.63. The molecular formula is C41H67ClN12O6. The van der Waals surface area contributed by atoms with Crippen molar-refractivity contribution in [2.45, 2.75) is 98.3 Å². The number of hydrogen-bond donors (Lipinski definition) is 1. The number of carbonyl (C=O) groups excluding carboxylic acids is 2. The van der Waals surface area contributed by atoms with Crippen molar-refractivity contribution < 1.29 is 20.4 Å². The Bertz CT molecular complexity index is 2120. The van der Waals surface area contributed by atoms with E-state index in [0.29, 0.717) is 68.9 Å². The van der Waals surface area contributed by atoms with Gasteiger partial charge in [0.2, 0.25) is 23.0 Å². The second-order valence-corrected chi connectivity index (χ2v) is 15.2. The molecular weight excluding hydrogens is 792 g/mol. The first-order chi connectivity index (χ1) is 29.0. The number of hydrogen-bond acceptors (Lipinski definition) is 13. The molecule has 4 saturated heterocycles. The van der Waals surface area contributed by atoms with Crippen LogP contribution >= 0.6 is 11.6 Å². The van der Waals surface area contributed by atoms with E-state index in [1.165, 1.54) is 0 Å². The number of nitrogens with zero attached hydrogens (tertiary/aromatic N) is 11. The molecule has 1 N–H and O–H groups in total. The first-order valence-electron chi connectivity index (χ1n) is 21.8. The van der Waals surface area contributed by atoms with Crippen molar-refractivity contribution in [1.29, 1.82) is 0 Å². The summed E-state index contributed by atoms with van der Waals surface area (Å²) in [4.78, 5) is 62.6. The molecule has 4 aromatic heterocycles. The molecule has 4 aliphatic rings. The highest BCUT2D eigenvalue weighted by Gasteiger charge is 2.27. The Kier molecular flexibility index (Phi) is 18.3. The van der Waals surface area contributed by atoms with Gasteiger partial charge in [-0.2, -0.15) is 0 Å². The number of fused-ring (bicyclic) bond motifs is 2. The van der Waals surface area contributed by atoms with E-state index >= 15 is 0 Å². The Labute approximate surface area is 359 Å². The summed E-state index contributed by atoms with van der Waals surface area (Å²) in [5, 5.41) is 12.7. The molecule has 0 saturated carbocycles. The van der Waals surface area contributed by atoms with E-state index < -0.39 is 0 Å². The zero-order valence-corrected chi connectivity index (χ0v) is 36.2. The van der Waals surface area contributed by atoms with E-state index in [2.05, 4.69) is 25.1 Å². The fourth-order valence-electron chi connectivity index (χ4n) is 7.72. The maximum atomic E-state index is 12.9. The highest BCUT2D eigenvalue weighted by atomic mass is 35.5. The lowest BCUT2D eigenvalue weighted by Gasteiger charge is -2.25. The van der Waals surface area contributed by atoms with Gasteiger partial charge < -0.3 is 29.5 Å². The van der Waals surface area contributed by atoms with Crippen LogP contribution in [0.5, 0.6) is 0 Å². The fourth-order valence-corrected chi connectivity index (χ4v) is 7.72. The Morgan fingerprint density at radius 3 is 1.68 bits per heavy atom. The van der Waals surface area contributed by atoms with E-state index in [1.54, 1.807) is 58.5 Å². The molecule has 4 aromatic rings. The normalized spacial score (nSPS) is 18.1. The molecule has 0 aliphatic carbocycles. The molecule has 0 bridgehead atoms. The summed E-state index contributed by atoms with van der Waals surface area (Å²) in [6, 6.07) is 0. The second kappa shape index (κ2) is 23.6. The smallest absolute Gasteiger partial charge is 0.280 e. The van der Waals surface area contributed by atoms with Crippen molar-refractivity contribution in [3.63, 3.8) is 0 Å². The van der Waals surface area contributed by atoms with Crippen LogP contribution in [0.4, 0.5) is 11.9 Å². The minimum Gasteiger partial charge on any atom is -0.381 e. The molecule has 0 atom stereocenters. The Hall–Kier alpha value is -4.39. The molecule has 1 amide bonds. The predicted octanol–water partition coefficient (Wildman–Crippen LogP) is 3.72. The van der Waals surface area contributed by atoms with Gasteiger partial charge in [-0.1, -0.05) is 35.1 Å². The maximum absolute atomic E-state index is 12.9. The number of anilines is 2. The number of aromatic nitrogens is 8. The van der Waals surface area contributed by atoms with Crippen LogP contribution in [0.2, 0.25) is 0 Å². The van der Waals surface area contributed by atoms with Crippen LogP contribution in [0.1, 0.15) is 111 Å². The van der Waals surface area contributed by atoms with Gasteiger partial charge in [0.05, 0.1) is 12.4 Å². The number of amides is 1. The molecule has 8 rings (SSSR count). The van der Waals surface area contributed by atoms with Gasteiger partial charge in [-0.15, -0.1) is 10.2 Å². The summed E-state index contributed by atoms with van der Waals surface area (Å²) < 4.78 is 23.9. The van der Waals surface area contributed by atoms with Gasteiger partial charge in [-0.05, 0) is 56.7 Å². The average Bonchev–Trinajstić information content (AvgIpc) is 3.68. The van der Waals surface area contributed by atoms with Gasteiger partial charge in [0.25, 0.3) is 11.1 Å². The average molecular weight is 861 g/mol. The zero-order chi connectivity index (χ0) is 43.2. The summed E-state index contributed by atoms with van der Waals surface area (Å²) >= 11 is 4.82. The summed E-state index contributed by atoms with van der Waals surface area (Å²) in [5.41, 5.74) is 0.922. The van der Waals surface area contributed by atoms with E-state index in [9.17, 15) is 19.2 Å². The number of imidazole rings is 2. The minimum atomic E-state index is -0.273. The lowest BCUT2D eigenvalue weighted by atomic mass is 10.00. The van der Waals surface area contributed by atoms with Crippen LogP contribution in [-0.4, -0.2) is 133 Å². The molecule has 4 aliphatic heterocycles. The zero-order valence-electron chi connectivity index (χ0n) is 36.4. The third kappa shape index (κ3) is 11.5. The van der Waals surface area contributed by atoms with E-state index in [1.807, 2.05) is 11.8 Å². The van der Waals surface area contributed by atoms with Crippen molar-refractivity contribution in [3.8, 4) is 0 Å². The Morgan fingerprint density at radius 1 is 0.750 bits per heavy atom. The number of halogens is 1. The lowest BCUT2D eigenvalue weighted by Crippen LogP contribution is -2.37. The van der Waals surface area contributed by atoms with Crippen LogP contribution in [-0.2, 0) is 33.2 Å². The van der Waals surface area contributed by atoms with Gasteiger partial charge in [-0.25, -0.2) is 19.0 Å². The lowest BCUT2D eigenvalue weighted by molar-refractivity contribution is -0.130. The number of nitrogens with one attached hydrogen (secondary N) is 1. The third-order valence-electron chi connectivity index (χ3n) is 11.1. The number of rotatable bonds is 6. The molecule has 0 spiro atoms. The predicted molar refractivity (Wildman–Crippen MR) is 235 cm³/mol. The first-order valence-corrected chi connectivity index (χ1v) is 21.4. The van der Waals surface area contributed by atoms with Crippen molar-refractivity contribution in [1.82, 2.24) is 48.5 Å².